The molecule has 4 amide bonds. The van der Waals surface area contributed by atoms with Crippen molar-refractivity contribution in [2.75, 3.05) is 45.7 Å². The number of carbonyl (C=O) groups is 6. The standard InChI is InChI=1S/C43H65N9O10S/c1-9-26(4)38(49-40(57)33-12-10-11-17-51(33)7)42(58)52(8)34(25(2)3)23-36(62-28(6)53)41-48-32(24-63-41)39(56)46-30(20-27(5)43(59)60)21-29-13-14-35(54)31(22-29)47-37(55)15-18-61-19-16-45-50-44/h13-14,22,24-27,30,33-34,36,38,54H,9-12,15-21,23H2,1-8H3,(H,46,56)(H,47,55)(H,49,57)(H,59,60)/t26-,27?,30+,33+,34+,36+,38-/m0/s1. The molecular weight excluding hydrogens is 835 g/mol. The average Bonchev–Trinajstić information content (AvgIpc) is 3.73. The zero-order valence-corrected chi connectivity index (χ0v) is 38.5. The summed E-state index contributed by atoms with van der Waals surface area (Å²) in [6.45, 7) is 11.7. The Balaban J connectivity index is 1.80. The van der Waals surface area contributed by atoms with E-state index in [0.717, 1.165) is 37.1 Å². The lowest BCUT2D eigenvalue weighted by atomic mass is 9.92. The number of hydrogen-bond donors (Lipinski definition) is 5. The third kappa shape index (κ3) is 16.4. The highest BCUT2D eigenvalue weighted by molar-refractivity contribution is 7.09. The molecule has 1 aliphatic heterocycles. The molecule has 7 atom stereocenters. The van der Waals surface area contributed by atoms with Crippen molar-refractivity contribution in [1.29, 1.82) is 0 Å². The second-order valence-electron chi connectivity index (χ2n) is 16.6. The summed E-state index contributed by atoms with van der Waals surface area (Å²) in [5.41, 5.74) is 9.07. The molecule has 1 unspecified atom stereocenters. The molecule has 1 aliphatic rings. The predicted molar refractivity (Wildman–Crippen MR) is 237 cm³/mol. The van der Waals surface area contributed by atoms with Gasteiger partial charge in [-0.3, -0.25) is 33.7 Å². The van der Waals surface area contributed by atoms with Gasteiger partial charge in [-0.2, -0.15) is 0 Å². The fraction of sp³-hybridized carbons (Fsp3) is 0.651. The second kappa shape index (κ2) is 25.7. The number of anilines is 1. The summed E-state index contributed by atoms with van der Waals surface area (Å²) in [7, 11) is 3.60. The number of likely N-dealkylation sites (tertiary alicyclic amines) is 1. The Bertz CT molecular complexity index is 1920. The van der Waals surface area contributed by atoms with E-state index in [1.54, 1.807) is 18.0 Å². The molecule has 5 N–H and O–H groups in total. The van der Waals surface area contributed by atoms with Gasteiger partial charge < -0.3 is 40.5 Å². The van der Waals surface area contributed by atoms with Gasteiger partial charge in [0.15, 0.2) is 6.10 Å². The maximum Gasteiger partial charge on any atom is 0.306 e. The molecule has 20 heteroatoms. The topological polar surface area (TPSA) is 266 Å². The molecule has 348 valence electrons. The molecule has 0 aliphatic carbocycles. The Morgan fingerprint density at radius 3 is 2.46 bits per heavy atom. The molecule has 2 aromatic rings. The van der Waals surface area contributed by atoms with Crippen molar-refractivity contribution in [3.05, 3.63) is 50.3 Å². The van der Waals surface area contributed by atoms with E-state index in [2.05, 4.69) is 31.0 Å². The molecule has 19 nitrogen and oxygen atoms in total. The predicted octanol–water partition coefficient (Wildman–Crippen LogP) is 5.45. The minimum Gasteiger partial charge on any atom is -0.506 e. The molecule has 1 aromatic carbocycles. The summed E-state index contributed by atoms with van der Waals surface area (Å²) in [6, 6.07) is 2.24. The molecular formula is C43H65N9O10S. The Morgan fingerprint density at radius 2 is 1.83 bits per heavy atom. The summed E-state index contributed by atoms with van der Waals surface area (Å²) in [6.07, 6.45) is 2.69. The summed E-state index contributed by atoms with van der Waals surface area (Å²) in [5.74, 6) is -4.44. The molecule has 3 rings (SSSR count). The number of benzene rings is 1. The smallest absolute Gasteiger partial charge is 0.306 e. The Labute approximate surface area is 373 Å². The van der Waals surface area contributed by atoms with Crippen molar-refractivity contribution in [2.45, 2.75) is 123 Å². The monoisotopic (exact) mass is 899 g/mol. The highest BCUT2D eigenvalue weighted by Gasteiger charge is 2.37. The van der Waals surface area contributed by atoms with E-state index in [4.69, 9.17) is 15.0 Å². The van der Waals surface area contributed by atoms with Crippen LogP contribution in [0.2, 0.25) is 0 Å². The Kier molecular flexibility index (Phi) is 21.2. The normalized spacial score (nSPS) is 16.9. The zero-order valence-electron chi connectivity index (χ0n) is 37.7. The highest BCUT2D eigenvalue weighted by atomic mass is 32.1. The first-order valence-electron chi connectivity index (χ1n) is 21.5. The highest BCUT2D eigenvalue weighted by Crippen LogP contribution is 2.32. The van der Waals surface area contributed by atoms with Crippen LogP contribution in [0, 0.1) is 17.8 Å². The van der Waals surface area contributed by atoms with Crippen LogP contribution in [0.15, 0.2) is 28.7 Å². The van der Waals surface area contributed by atoms with Crippen LogP contribution < -0.4 is 16.0 Å². The van der Waals surface area contributed by atoms with E-state index < -0.39 is 53.9 Å². The number of thiazole rings is 1. The van der Waals surface area contributed by atoms with Gasteiger partial charge in [0, 0.05) is 49.3 Å². The number of aromatic nitrogens is 1. The van der Waals surface area contributed by atoms with Gasteiger partial charge in [-0.05, 0) is 74.3 Å². The van der Waals surface area contributed by atoms with Gasteiger partial charge in [0.25, 0.3) is 5.91 Å². The Morgan fingerprint density at radius 1 is 1.10 bits per heavy atom. The minimum atomic E-state index is -1.06. The van der Waals surface area contributed by atoms with Gasteiger partial charge in [0.2, 0.25) is 17.7 Å². The van der Waals surface area contributed by atoms with E-state index in [1.807, 2.05) is 39.6 Å². The summed E-state index contributed by atoms with van der Waals surface area (Å²) in [4.78, 5) is 89.3. The average molecular weight is 900 g/mol. The van der Waals surface area contributed by atoms with Crippen molar-refractivity contribution in [3.8, 4) is 5.75 Å². The van der Waals surface area contributed by atoms with Crippen molar-refractivity contribution in [2.24, 2.45) is 22.9 Å². The number of carboxylic acids is 1. The van der Waals surface area contributed by atoms with Crippen LogP contribution in [0.4, 0.5) is 5.69 Å². The van der Waals surface area contributed by atoms with Crippen LogP contribution in [0.1, 0.15) is 114 Å². The van der Waals surface area contributed by atoms with Crippen molar-refractivity contribution in [3.63, 3.8) is 0 Å². The maximum absolute atomic E-state index is 14.3. The van der Waals surface area contributed by atoms with Crippen LogP contribution in [0.5, 0.6) is 5.75 Å². The number of carboxylic acid groups (broad SMARTS) is 1. The van der Waals surface area contributed by atoms with Crippen LogP contribution in [0.25, 0.3) is 10.4 Å². The van der Waals surface area contributed by atoms with E-state index in [9.17, 15) is 39.0 Å². The first-order chi connectivity index (χ1) is 29.9. The van der Waals surface area contributed by atoms with E-state index in [-0.39, 0.29) is 92.3 Å². The third-order valence-corrected chi connectivity index (χ3v) is 12.3. The van der Waals surface area contributed by atoms with Crippen LogP contribution in [-0.4, -0.2) is 125 Å². The fourth-order valence-corrected chi connectivity index (χ4v) is 8.30. The molecule has 1 saturated heterocycles. The number of aliphatic carboxylic acids is 1. The number of hydrogen-bond acceptors (Lipinski definition) is 13. The largest absolute Gasteiger partial charge is 0.506 e. The molecule has 0 spiro atoms. The number of ether oxygens (including phenoxy) is 2. The van der Waals surface area contributed by atoms with Gasteiger partial charge in [0.05, 0.1) is 37.3 Å². The number of piperidine rings is 1. The first-order valence-corrected chi connectivity index (χ1v) is 22.4. The molecule has 0 bridgehead atoms. The number of phenols is 1. The number of carbonyl (C=O) groups excluding carboxylic acids is 5. The number of phenolic OH excluding ortho intramolecular Hbond substituents is 1. The number of aromatic hydroxyl groups is 1. The minimum absolute atomic E-state index is 0.0122. The van der Waals surface area contributed by atoms with Gasteiger partial charge in [-0.25, -0.2) is 4.98 Å². The second-order valence-corrected chi connectivity index (χ2v) is 17.5. The fourth-order valence-electron chi connectivity index (χ4n) is 7.46. The number of nitrogens with one attached hydrogen (secondary N) is 3. The molecule has 1 aromatic heterocycles. The van der Waals surface area contributed by atoms with Crippen molar-refractivity contribution >= 4 is 52.6 Å². The van der Waals surface area contributed by atoms with Crippen molar-refractivity contribution < 1.29 is 48.5 Å². The quantitative estimate of drug-likeness (QED) is 0.0208. The maximum atomic E-state index is 14.3. The number of esters is 1. The lowest BCUT2D eigenvalue weighted by Crippen LogP contribution is -2.58. The van der Waals surface area contributed by atoms with E-state index >= 15 is 0 Å². The lowest BCUT2D eigenvalue weighted by Gasteiger charge is -2.38. The Hall–Kier alpha value is -5.30. The zero-order chi connectivity index (χ0) is 46.8. The molecule has 2 heterocycles. The van der Waals surface area contributed by atoms with E-state index in [0.29, 0.717) is 17.0 Å². The number of likely N-dealkylation sites (N-methyl/N-ethyl adjacent to an activating group) is 2. The SMILES string of the molecule is CC[C@H](C)[C@H](NC(=O)[C@H]1CCCCN1C)C(=O)N(C)[C@H](C[C@@H](OC(C)=O)c1nc(C(=O)N[C@@H](Cc2ccc(O)c(NC(=O)CCOCCN=[N+]=[N-])c2)CC(C)C(=O)O)cs1)C(C)C. The number of rotatable bonds is 25. The van der Waals surface area contributed by atoms with Crippen LogP contribution in [0.3, 0.4) is 0 Å². The van der Waals surface area contributed by atoms with Crippen LogP contribution >= 0.6 is 11.3 Å². The number of nitrogens with zero attached hydrogens (tertiary/aromatic N) is 6. The van der Waals surface area contributed by atoms with E-state index in [1.165, 1.54) is 31.4 Å². The number of azide groups is 1. The lowest BCUT2D eigenvalue weighted by molar-refractivity contribution is -0.149. The number of amides is 4. The summed E-state index contributed by atoms with van der Waals surface area (Å²) >= 11 is 1.11. The summed E-state index contributed by atoms with van der Waals surface area (Å²) < 4.78 is 11.1. The van der Waals surface area contributed by atoms with Gasteiger partial charge in [-0.1, -0.05) is 58.6 Å². The third-order valence-electron chi connectivity index (χ3n) is 11.3. The van der Waals surface area contributed by atoms with Gasteiger partial charge in [0.1, 0.15) is 22.5 Å². The van der Waals surface area contributed by atoms with Gasteiger partial charge in [-0.15, -0.1) is 11.3 Å². The summed E-state index contributed by atoms with van der Waals surface area (Å²) in [5, 5.41) is 34.0. The van der Waals surface area contributed by atoms with Crippen molar-refractivity contribution in [1.82, 2.24) is 25.4 Å². The first kappa shape index (κ1) is 52.0. The van der Waals surface area contributed by atoms with Crippen LogP contribution in [-0.2, 0) is 39.9 Å². The van der Waals surface area contributed by atoms with Gasteiger partial charge >= 0.3 is 11.9 Å². The molecule has 0 radical (unpaired) electrons. The molecule has 0 saturated carbocycles. The molecule has 63 heavy (non-hydrogen) atoms. The molecule has 1 fully saturated rings.